The van der Waals surface area contributed by atoms with Crippen LogP contribution >= 0.6 is 11.8 Å². The van der Waals surface area contributed by atoms with Crippen LogP contribution in [0.5, 0.6) is 0 Å². The van der Waals surface area contributed by atoms with E-state index in [0.29, 0.717) is 0 Å². The van der Waals surface area contributed by atoms with Crippen molar-refractivity contribution in [3.05, 3.63) is 0 Å². The highest BCUT2D eigenvalue weighted by molar-refractivity contribution is 8.00. The van der Waals surface area contributed by atoms with Crippen LogP contribution in [0.3, 0.4) is 0 Å². The maximum Gasteiger partial charge on any atom is 0.193 e. The number of nitrogens with one attached hydrogen (secondary N) is 1. The Morgan fingerprint density at radius 2 is 2.09 bits per heavy atom. The van der Waals surface area contributed by atoms with Gasteiger partial charge < -0.3 is 15.0 Å². The van der Waals surface area contributed by atoms with Crippen LogP contribution in [-0.4, -0.2) is 85.8 Å². The van der Waals surface area contributed by atoms with Crippen molar-refractivity contribution < 1.29 is 4.74 Å². The molecule has 2 rings (SSSR count). The molecule has 2 fully saturated rings. The van der Waals surface area contributed by atoms with Crippen LogP contribution in [0.1, 0.15) is 27.2 Å². The van der Waals surface area contributed by atoms with Crippen LogP contribution in [0.2, 0.25) is 0 Å². The molecule has 23 heavy (non-hydrogen) atoms. The van der Waals surface area contributed by atoms with Gasteiger partial charge in [0.25, 0.3) is 0 Å². The third-order valence-corrected chi connectivity index (χ3v) is 6.01. The molecule has 2 heterocycles. The minimum atomic E-state index is 0.723. The average molecular weight is 343 g/mol. The SMILES string of the molecule is CCNC(=NCCCN1CCOCC1)N1CCSC(C(C)C)C1. The number of morpholine rings is 1. The number of aliphatic imine (C=N–C) groups is 1. The van der Waals surface area contributed by atoms with E-state index in [0.717, 1.165) is 82.6 Å². The zero-order valence-electron chi connectivity index (χ0n) is 15.1. The summed E-state index contributed by atoms with van der Waals surface area (Å²) in [4.78, 5) is 9.82. The Bertz CT molecular complexity index is 359. The highest BCUT2D eigenvalue weighted by atomic mass is 32.2. The molecule has 0 aliphatic carbocycles. The summed E-state index contributed by atoms with van der Waals surface area (Å²) in [6.45, 7) is 15.9. The molecule has 1 N–H and O–H groups in total. The van der Waals surface area contributed by atoms with Crippen LogP contribution in [0.25, 0.3) is 0 Å². The summed E-state index contributed by atoms with van der Waals surface area (Å²) in [5.41, 5.74) is 0. The normalized spacial score (nSPS) is 24.3. The fourth-order valence-corrected chi connectivity index (χ4v) is 4.30. The first-order valence-corrected chi connectivity index (χ1v) is 10.2. The fraction of sp³-hybridized carbons (Fsp3) is 0.941. The van der Waals surface area contributed by atoms with Gasteiger partial charge >= 0.3 is 0 Å². The third-order valence-electron chi connectivity index (χ3n) is 4.47. The van der Waals surface area contributed by atoms with E-state index >= 15 is 0 Å². The zero-order chi connectivity index (χ0) is 16.5. The number of ether oxygens (including phenoxy) is 1. The summed E-state index contributed by atoms with van der Waals surface area (Å²) < 4.78 is 5.40. The Balaban J connectivity index is 1.79. The number of rotatable bonds is 6. The van der Waals surface area contributed by atoms with E-state index in [-0.39, 0.29) is 0 Å². The van der Waals surface area contributed by atoms with Gasteiger partial charge in [0.05, 0.1) is 13.2 Å². The van der Waals surface area contributed by atoms with Gasteiger partial charge in [-0.2, -0.15) is 11.8 Å². The Morgan fingerprint density at radius 1 is 1.30 bits per heavy atom. The number of hydrogen-bond donors (Lipinski definition) is 1. The summed E-state index contributed by atoms with van der Waals surface area (Å²) >= 11 is 2.11. The van der Waals surface area contributed by atoms with E-state index in [1.807, 2.05) is 0 Å². The van der Waals surface area contributed by atoms with Crippen molar-refractivity contribution in [2.75, 3.05) is 64.8 Å². The first-order valence-electron chi connectivity index (χ1n) is 9.15. The number of hydrogen-bond acceptors (Lipinski definition) is 4. The molecule has 0 amide bonds. The van der Waals surface area contributed by atoms with Gasteiger partial charge in [0, 0.05) is 56.8 Å². The molecule has 0 aromatic carbocycles. The zero-order valence-corrected chi connectivity index (χ0v) is 15.9. The quantitative estimate of drug-likeness (QED) is 0.452. The highest BCUT2D eigenvalue weighted by Gasteiger charge is 2.24. The van der Waals surface area contributed by atoms with Gasteiger partial charge in [0.1, 0.15) is 0 Å². The summed E-state index contributed by atoms with van der Waals surface area (Å²) in [7, 11) is 0. The molecular weight excluding hydrogens is 308 g/mol. The monoisotopic (exact) mass is 342 g/mol. The van der Waals surface area contributed by atoms with E-state index in [4.69, 9.17) is 9.73 Å². The molecule has 6 heteroatoms. The number of guanidine groups is 1. The van der Waals surface area contributed by atoms with Crippen molar-refractivity contribution in [2.45, 2.75) is 32.4 Å². The molecule has 5 nitrogen and oxygen atoms in total. The van der Waals surface area contributed by atoms with E-state index in [1.54, 1.807) is 0 Å². The van der Waals surface area contributed by atoms with Crippen molar-refractivity contribution in [3.8, 4) is 0 Å². The molecule has 2 aliphatic rings. The molecule has 2 saturated heterocycles. The Labute approximate surface area is 146 Å². The standard InChI is InChI=1S/C17H34N4OS/c1-4-18-17(21-10-13-23-16(14-21)15(2)3)19-6-5-7-20-8-11-22-12-9-20/h15-16H,4-14H2,1-3H3,(H,18,19). The Hall–Kier alpha value is -0.460. The minimum absolute atomic E-state index is 0.723. The number of thioether (sulfide) groups is 1. The van der Waals surface area contributed by atoms with Crippen LogP contribution in [0.4, 0.5) is 0 Å². The smallest absolute Gasteiger partial charge is 0.193 e. The van der Waals surface area contributed by atoms with Gasteiger partial charge in [-0.15, -0.1) is 0 Å². The largest absolute Gasteiger partial charge is 0.379 e. The van der Waals surface area contributed by atoms with E-state index in [2.05, 4.69) is 47.6 Å². The molecule has 0 radical (unpaired) electrons. The van der Waals surface area contributed by atoms with Gasteiger partial charge in [0.15, 0.2) is 5.96 Å². The molecule has 1 atom stereocenters. The lowest BCUT2D eigenvalue weighted by atomic mass is 10.1. The number of nitrogens with zero attached hydrogens (tertiary/aromatic N) is 3. The lowest BCUT2D eigenvalue weighted by Crippen LogP contribution is -2.49. The van der Waals surface area contributed by atoms with Crippen molar-refractivity contribution in [2.24, 2.45) is 10.9 Å². The lowest BCUT2D eigenvalue weighted by molar-refractivity contribution is 0.0377. The molecule has 1 unspecified atom stereocenters. The highest BCUT2D eigenvalue weighted by Crippen LogP contribution is 2.24. The van der Waals surface area contributed by atoms with Crippen molar-refractivity contribution in [3.63, 3.8) is 0 Å². The summed E-state index contributed by atoms with van der Waals surface area (Å²) in [6.07, 6.45) is 1.13. The summed E-state index contributed by atoms with van der Waals surface area (Å²) in [6, 6.07) is 0. The molecule has 0 aromatic rings. The lowest BCUT2D eigenvalue weighted by Gasteiger charge is -2.36. The van der Waals surface area contributed by atoms with Crippen molar-refractivity contribution in [1.29, 1.82) is 0 Å². The molecular formula is C17H34N4OS. The van der Waals surface area contributed by atoms with Crippen molar-refractivity contribution in [1.82, 2.24) is 15.1 Å². The van der Waals surface area contributed by atoms with Gasteiger partial charge in [-0.3, -0.25) is 9.89 Å². The molecule has 0 aromatic heterocycles. The molecule has 0 spiro atoms. The average Bonchev–Trinajstić information content (AvgIpc) is 2.58. The fourth-order valence-electron chi connectivity index (χ4n) is 3.00. The first-order chi connectivity index (χ1) is 11.2. The van der Waals surface area contributed by atoms with E-state index in [1.165, 1.54) is 5.75 Å². The Morgan fingerprint density at radius 3 is 2.78 bits per heavy atom. The van der Waals surface area contributed by atoms with Crippen LogP contribution in [0.15, 0.2) is 4.99 Å². The third kappa shape index (κ3) is 6.51. The summed E-state index contributed by atoms with van der Waals surface area (Å²) in [5, 5.41) is 4.21. The topological polar surface area (TPSA) is 40.1 Å². The van der Waals surface area contributed by atoms with Crippen molar-refractivity contribution >= 4 is 17.7 Å². The van der Waals surface area contributed by atoms with Crippen LogP contribution < -0.4 is 5.32 Å². The van der Waals surface area contributed by atoms with E-state index < -0.39 is 0 Å². The van der Waals surface area contributed by atoms with E-state index in [9.17, 15) is 0 Å². The maximum atomic E-state index is 5.40. The van der Waals surface area contributed by atoms with Gasteiger partial charge in [0.2, 0.25) is 0 Å². The first kappa shape index (κ1) is 18.9. The predicted octanol–water partition coefficient (Wildman–Crippen LogP) is 1.75. The molecule has 134 valence electrons. The van der Waals surface area contributed by atoms with Gasteiger partial charge in [-0.1, -0.05) is 13.8 Å². The van der Waals surface area contributed by atoms with Gasteiger partial charge in [-0.25, -0.2) is 0 Å². The molecule has 2 aliphatic heterocycles. The molecule has 0 bridgehead atoms. The van der Waals surface area contributed by atoms with Gasteiger partial charge in [-0.05, 0) is 19.3 Å². The second-order valence-corrected chi connectivity index (χ2v) is 7.99. The predicted molar refractivity (Wildman–Crippen MR) is 101 cm³/mol. The Kier molecular flexibility index (Phi) is 8.55. The second-order valence-electron chi connectivity index (χ2n) is 6.64. The second kappa shape index (κ2) is 10.4. The van der Waals surface area contributed by atoms with Crippen LogP contribution in [-0.2, 0) is 4.74 Å². The summed E-state index contributed by atoms with van der Waals surface area (Å²) in [5.74, 6) is 3.05. The minimum Gasteiger partial charge on any atom is -0.379 e. The molecule has 0 saturated carbocycles. The van der Waals surface area contributed by atoms with Crippen LogP contribution in [0, 0.1) is 5.92 Å². The maximum absolute atomic E-state index is 5.40.